The number of ether oxygens (including phenoxy) is 1. The summed E-state index contributed by atoms with van der Waals surface area (Å²) in [6.07, 6.45) is 10.4. The summed E-state index contributed by atoms with van der Waals surface area (Å²) >= 11 is 8.18. The van der Waals surface area contributed by atoms with Crippen LogP contribution in [-0.2, 0) is 24.4 Å². The predicted octanol–water partition coefficient (Wildman–Crippen LogP) is 6.24. The molecular formula is C31H33ClN6O2S. The molecule has 1 amide bonds. The number of fused-ring (bicyclic) bond motifs is 3. The van der Waals surface area contributed by atoms with Crippen molar-refractivity contribution < 1.29 is 9.53 Å². The van der Waals surface area contributed by atoms with Crippen LogP contribution in [0.1, 0.15) is 35.9 Å². The van der Waals surface area contributed by atoms with Crippen molar-refractivity contribution >= 4 is 50.6 Å². The Hall–Kier alpha value is -3.53. The van der Waals surface area contributed by atoms with Gasteiger partial charge in [-0.25, -0.2) is 9.97 Å². The molecule has 3 aromatic heterocycles. The first kappa shape index (κ1) is 27.6. The number of anilines is 2. The van der Waals surface area contributed by atoms with Gasteiger partial charge in [-0.3, -0.25) is 14.7 Å². The summed E-state index contributed by atoms with van der Waals surface area (Å²) in [5, 5.41) is 4.94. The lowest BCUT2D eigenvalue weighted by Gasteiger charge is -2.30. The van der Waals surface area contributed by atoms with Gasteiger partial charge in [0.2, 0.25) is 5.91 Å². The number of carbonyl (C=O) groups is 1. The summed E-state index contributed by atoms with van der Waals surface area (Å²) in [4.78, 5) is 32.8. The van der Waals surface area contributed by atoms with E-state index in [1.54, 1.807) is 29.9 Å². The molecule has 0 bridgehead atoms. The lowest BCUT2D eigenvalue weighted by Crippen LogP contribution is -2.35. The van der Waals surface area contributed by atoms with E-state index in [9.17, 15) is 4.79 Å². The molecule has 10 heteroatoms. The first-order valence-corrected chi connectivity index (χ1v) is 15.3. The normalized spacial score (nSPS) is 17.6. The van der Waals surface area contributed by atoms with E-state index in [-0.39, 0.29) is 5.91 Å². The summed E-state index contributed by atoms with van der Waals surface area (Å²) < 4.78 is 5.86. The fourth-order valence-corrected chi connectivity index (χ4v) is 6.98. The third-order valence-electron chi connectivity index (χ3n) is 7.61. The quantitative estimate of drug-likeness (QED) is 0.244. The van der Waals surface area contributed by atoms with Gasteiger partial charge in [-0.15, -0.1) is 11.3 Å². The van der Waals surface area contributed by atoms with Gasteiger partial charge in [0.25, 0.3) is 0 Å². The summed E-state index contributed by atoms with van der Waals surface area (Å²) in [7, 11) is 0. The van der Waals surface area contributed by atoms with Crippen LogP contribution in [0.25, 0.3) is 10.2 Å². The highest BCUT2D eigenvalue weighted by Crippen LogP contribution is 2.39. The van der Waals surface area contributed by atoms with Crippen molar-refractivity contribution in [3.05, 3.63) is 82.2 Å². The van der Waals surface area contributed by atoms with E-state index in [4.69, 9.17) is 16.3 Å². The highest BCUT2D eigenvalue weighted by atomic mass is 35.5. The zero-order valence-electron chi connectivity index (χ0n) is 23.1. The number of carbonyl (C=O) groups excluding carboxylic acids is 1. The second-order valence-electron chi connectivity index (χ2n) is 10.7. The topological polar surface area (TPSA) is 83.5 Å². The Labute approximate surface area is 249 Å². The lowest BCUT2D eigenvalue weighted by atomic mass is 10.0. The number of halogens is 1. The molecule has 1 aromatic carbocycles. The van der Waals surface area contributed by atoms with Crippen LogP contribution in [0.5, 0.6) is 5.75 Å². The number of rotatable bonds is 8. The molecule has 4 aromatic rings. The van der Waals surface area contributed by atoms with Crippen molar-refractivity contribution in [2.24, 2.45) is 5.92 Å². The minimum Gasteiger partial charge on any atom is -0.486 e. The maximum absolute atomic E-state index is 13.0. The monoisotopic (exact) mass is 588 g/mol. The van der Waals surface area contributed by atoms with E-state index in [0.29, 0.717) is 30.5 Å². The number of pyridine rings is 1. The summed E-state index contributed by atoms with van der Waals surface area (Å²) in [5.74, 6) is 2.13. The number of nitrogens with one attached hydrogen (secondary N) is 1. The van der Waals surface area contributed by atoms with Gasteiger partial charge in [0, 0.05) is 42.5 Å². The summed E-state index contributed by atoms with van der Waals surface area (Å²) in [5.41, 5.74) is 2.85. The Morgan fingerprint density at radius 3 is 2.98 bits per heavy atom. The molecule has 0 aliphatic carbocycles. The van der Waals surface area contributed by atoms with Crippen LogP contribution in [0.2, 0.25) is 5.02 Å². The first-order chi connectivity index (χ1) is 20.0. The number of amides is 1. The number of likely N-dealkylation sites (tertiary alicyclic amines) is 1. The van der Waals surface area contributed by atoms with Gasteiger partial charge < -0.3 is 15.0 Å². The summed E-state index contributed by atoms with van der Waals surface area (Å²) in [6.45, 7) is 6.97. The Balaban J connectivity index is 1.12. The molecule has 1 atom stereocenters. The fraction of sp³-hybridized carbons (Fsp3) is 0.355. The Morgan fingerprint density at radius 1 is 1.22 bits per heavy atom. The maximum Gasteiger partial charge on any atom is 0.246 e. The zero-order valence-corrected chi connectivity index (χ0v) is 24.6. The van der Waals surface area contributed by atoms with Crippen molar-refractivity contribution in [2.45, 2.75) is 39.3 Å². The minimum atomic E-state index is 0.0718. The Kier molecular flexibility index (Phi) is 8.46. The van der Waals surface area contributed by atoms with E-state index in [2.05, 4.69) is 32.1 Å². The number of aromatic nitrogens is 3. The highest BCUT2D eigenvalue weighted by molar-refractivity contribution is 7.19. The second-order valence-corrected chi connectivity index (χ2v) is 12.2. The third-order valence-corrected chi connectivity index (χ3v) is 9.03. The van der Waals surface area contributed by atoms with Crippen LogP contribution in [0.4, 0.5) is 11.5 Å². The number of nitrogens with zero attached hydrogens (tertiary/aromatic N) is 5. The molecule has 1 unspecified atom stereocenters. The molecule has 1 N–H and O–H groups in total. The van der Waals surface area contributed by atoms with Gasteiger partial charge >= 0.3 is 0 Å². The van der Waals surface area contributed by atoms with Crippen LogP contribution < -0.4 is 10.1 Å². The van der Waals surface area contributed by atoms with Crippen LogP contribution >= 0.6 is 22.9 Å². The van der Waals surface area contributed by atoms with Crippen molar-refractivity contribution in [3.8, 4) is 5.75 Å². The Bertz CT molecular complexity index is 1560. The van der Waals surface area contributed by atoms with E-state index in [0.717, 1.165) is 64.3 Å². The molecule has 5 heterocycles. The summed E-state index contributed by atoms with van der Waals surface area (Å²) in [6, 6.07) is 11.3. The zero-order chi connectivity index (χ0) is 28.2. The molecule has 1 saturated heterocycles. The van der Waals surface area contributed by atoms with Crippen LogP contribution in [0, 0.1) is 5.92 Å². The van der Waals surface area contributed by atoms with E-state index < -0.39 is 0 Å². The molecule has 8 nitrogen and oxygen atoms in total. The van der Waals surface area contributed by atoms with Crippen LogP contribution in [0.15, 0.2) is 61.1 Å². The van der Waals surface area contributed by atoms with Gasteiger partial charge in [0.05, 0.1) is 22.6 Å². The second kappa shape index (κ2) is 12.5. The lowest BCUT2D eigenvalue weighted by molar-refractivity contribution is -0.126. The Morgan fingerprint density at radius 2 is 2.15 bits per heavy atom. The van der Waals surface area contributed by atoms with Crippen molar-refractivity contribution in [1.82, 2.24) is 24.8 Å². The first-order valence-electron chi connectivity index (χ1n) is 14.1. The molecule has 212 valence electrons. The molecule has 0 radical (unpaired) electrons. The average molecular weight is 589 g/mol. The van der Waals surface area contributed by atoms with Crippen molar-refractivity contribution in [3.63, 3.8) is 0 Å². The van der Waals surface area contributed by atoms with Gasteiger partial charge in [-0.05, 0) is 67.6 Å². The van der Waals surface area contributed by atoms with Gasteiger partial charge in [-0.2, -0.15) is 0 Å². The van der Waals surface area contributed by atoms with E-state index >= 15 is 0 Å². The molecule has 6 rings (SSSR count). The largest absolute Gasteiger partial charge is 0.486 e. The maximum atomic E-state index is 13.0. The molecular weight excluding hydrogens is 556 g/mol. The number of benzene rings is 1. The molecule has 0 spiro atoms. The number of hydrogen-bond acceptors (Lipinski definition) is 8. The highest BCUT2D eigenvalue weighted by Gasteiger charge is 2.26. The molecule has 41 heavy (non-hydrogen) atoms. The van der Waals surface area contributed by atoms with Crippen LogP contribution in [-0.4, -0.2) is 56.8 Å². The minimum absolute atomic E-state index is 0.0718. The molecule has 1 fully saturated rings. The number of piperidine rings is 1. The van der Waals surface area contributed by atoms with Gasteiger partial charge in [0.1, 0.15) is 29.3 Å². The van der Waals surface area contributed by atoms with Crippen LogP contribution in [0.3, 0.4) is 0 Å². The molecule has 2 aliphatic heterocycles. The standard InChI is InChI=1S/C31H33ClN6O2S/c1-21-6-4-13-37(17-21)14-5-8-28(39)38-15-11-24-27(18-38)41-31-29(24)30(34-20-35-31)36-22-9-10-26(25(32)16-22)40-19-23-7-2-3-12-33-23/h2-3,5,7-10,12,16,20-21H,4,6,11,13-15,17-19H2,1H3,(H,34,35,36)/b8-5+. The van der Waals surface area contributed by atoms with E-state index in [1.165, 1.54) is 18.4 Å². The predicted molar refractivity (Wildman–Crippen MR) is 164 cm³/mol. The SMILES string of the molecule is CC1CCCN(C/C=C/C(=O)N2CCc3c(sc4ncnc(Nc5ccc(OCc6ccccn6)c(Cl)c5)c34)C2)C1. The number of thiophene rings is 1. The van der Waals surface area contributed by atoms with Crippen molar-refractivity contribution in [2.75, 3.05) is 31.5 Å². The van der Waals surface area contributed by atoms with Gasteiger partial charge in [0.15, 0.2) is 0 Å². The fourth-order valence-electron chi connectivity index (χ4n) is 5.54. The third kappa shape index (κ3) is 6.53. The van der Waals surface area contributed by atoms with Gasteiger partial charge in [-0.1, -0.05) is 30.7 Å². The molecule has 0 saturated carbocycles. The average Bonchev–Trinajstić information content (AvgIpc) is 3.36. The smallest absolute Gasteiger partial charge is 0.246 e. The van der Waals surface area contributed by atoms with Crippen molar-refractivity contribution in [1.29, 1.82) is 0 Å². The molecule has 2 aliphatic rings. The number of hydrogen-bond donors (Lipinski definition) is 1. The van der Waals surface area contributed by atoms with E-state index in [1.807, 2.05) is 47.4 Å².